The quantitative estimate of drug-likeness (QED) is 0.556. The maximum absolute atomic E-state index is 6.45. The summed E-state index contributed by atoms with van der Waals surface area (Å²) in [6.45, 7) is 0.739. The first kappa shape index (κ1) is 14.8. The van der Waals surface area contributed by atoms with E-state index >= 15 is 0 Å². The molecule has 0 aliphatic heterocycles. The molecule has 3 aromatic heterocycles. The zero-order valence-corrected chi connectivity index (χ0v) is 13.7. The van der Waals surface area contributed by atoms with Crippen LogP contribution in [0.4, 0.5) is 0 Å². The van der Waals surface area contributed by atoms with Crippen molar-refractivity contribution in [1.29, 1.82) is 0 Å². The number of pyridine rings is 2. The lowest BCUT2D eigenvalue weighted by Gasteiger charge is -2.09. The highest BCUT2D eigenvalue weighted by molar-refractivity contribution is 6.35. The van der Waals surface area contributed by atoms with Gasteiger partial charge in [-0.25, -0.2) is 4.98 Å². The molecule has 0 saturated carbocycles. The van der Waals surface area contributed by atoms with Crippen LogP contribution in [0.5, 0.6) is 0 Å². The van der Waals surface area contributed by atoms with Gasteiger partial charge in [0.25, 0.3) is 0 Å². The first-order chi connectivity index (χ1) is 11.8. The number of halogens is 1. The highest BCUT2D eigenvalue weighted by atomic mass is 35.5. The molecule has 0 fully saturated rings. The van der Waals surface area contributed by atoms with Gasteiger partial charge in [0.2, 0.25) is 0 Å². The molecule has 0 amide bonds. The van der Waals surface area contributed by atoms with Crippen LogP contribution in [-0.2, 0) is 13.0 Å². The molecule has 0 spiro atoms. The second-order valence-electron chi connectivity index (χ2n) is 5.48. The van der Waals surface area contributed by atoms with E-state index in [1.165, 1.54) is 0 Å². The van der Waals surface area contributed by atoms with Crippen molar-refractivity contribution in [2.45, 2.75) is 13.0 Å². The second-order valence-corrected chi connectivity index (χ2v) is 5.89. The van der Waals surface area contributed by atoms with E-state index in [2.05, 4.69) is 14.5 Å². The fraction of sp³-hybridized carbons (Fsp3) is 0.105. The number of para-hydroxylation sites is 1. The molecule has 0 N–H and O–H groups in total. The average Bonchev–Trinajstić information content (AvgIpc) is 3.01. The second kappa shape index (κ2) is 6.42. The lowest BCUT2D eigenvalue weighted by Crippen LogP contribution is -2.05. The van der Waals surface area contributed by atoms with Gasteiger partial charge in [-0.3, -0.25) is 9.97 Å². The molecule has 0 aliphatic rings. The Morgan fingerprint density at radius 2 is 1.71 bits per heavy atom. The Labute approximate surface area is 144 Å². The molecule has 0 unspecified atom stereocenters. The first-order valence-corrected chi connectivity index (χ1v) is 8.17. The number of hydrogen-bond acceptors (Lipinski definition) is 3. The van der Waals surface area contributed by atoms with Crippen LogP contribution in [0.1, 0.15) is 5.69 Å². The SMILES string of the molecule is Clc1cccc2nc(-c3ccccn3)n(CCc3ccccn3)c12. The summed E-state index contributed by atoms with van der Waals surface area (Å²) < 4.78 is 2.13. The summed E-state index contributed by atoms with van der Waals surface area (Å²) in [5.74, 6) is 0.828. The number of fused-ring (bicyclic) bond motifs is 1. The molecule has 5 heteroatoms. The minimum absolute atomic E-state index is 0.697. The van der Waals surface area contributed by atoms with Gasteiger partial charge in [0.15, 0.2) is 5.82 Å². The number of aryl methyl sites for hydroxylation is 2. The minimum Gasteiger partial charge on any atom is -0.321 e. The maximum atomic E-state index is 6.45. The van der Waals surface area contributed by atoms with Crippen LogP contribution in [0.3, 0.4) is 0 Å². The van der Waals surface area contributed by atoms with Crippen molar-refractivity contribution in [1.82, 2.24) is 19.5 Å². The van der Waals surface area contributed by atoms with E-state index in [9.17, 15) is 0 Å². The van der Waals surface area contributed by atoms with Crippen molar-refractivity contribution in [3.63, 3.8) is 0 Å². The lowest BCUT2D eigenvalue weighted by atomic mass is 10.2. The molecule has 0 aliphatic carbocycles. The van der Waals surface area contributed by atoms with Crippen molar-refractivity contribution in [3.05, 3.63) is 77.7 Å². The van der Waals surface area contributed by atoms with E-state index in [4.69, 9.17) is 16.6 Å². The van der Waals surface area contributed by atoms with Gasteiger partial charge in [-0.15, -0.1) is 0 Å². The standard InChI is InChI=1S/C19H15ClN4/c20-15-7-5-9-16-18(15)24(13-10-14-6-1-3-11-21-14)19(23-16)17-8-2-4-12-22-17/h1-9,11-12H,10,13H2. The van der Waals surface area contributed by atoms with Crippen molar-refractivity contribution >= 4 is 22.6 Å². The number of rotatable bonds is 4. The van der Waals surface area contributed by atoms with Gasteiger partial charge < -0.3 is 4.57 Å². The molecule has 0 bridgehead atoms. The fourth-order valence-corrected chi connectivity index (χ4v) is 3.09. The Morgan fingerprint density at radius 3 is 2.46 bits per heavy atom. The average molecular weight is 335 g/mol. The minimum atomic E-state index is 0.697. The molecule has 0 saturated heterocycles. The highest BCUT2D eigenvalue weighted by Gasteiger charge is 2.15. The monoisotopic (exact) mass is 334 g/mol. The van der Waals surface area contributed by atoms with Crippen molar-refractivity contribution < 1.29 is 0 Å². The van der Waals surface area contributed by atoms with Crippen LogP contribution in [0.15, 0.2) is 67.0 Å². The molecule has 0 radical (unpaired) electrons. The van der Waals surface area contributed by atoms with Gasteiger partial charge in [0.05, 0.1) is 16.1 Å². The van der Waals surface area contributed by atoms with Crippen LogP contribution < -0.4 is 0 Å². The Kier molecular flexibility index (Phi) is 3.97. The van der Waals surface area contributed by atoms with Crippen LogP contribution in [0.2, 0.25) is 5.02 Å². The normalized spacial score (nSPS) is 11.0. The maximum Gasteiger partial charge on any atom is 0.159 e. The molecule has 1 aromatic carbocycles. The van der Waals surface area contributed by atoms with E-state index < -0.39 is 0 Å². The largest absolute Gasteiger partial charge is 0.321 e. The smallest absolute Gasteiger partial charge is 0.159 e. The van der Waals surface area contributed by atoms with Crippen LogP contribution >= 0.6 is 11.6 Å². The lowest BCUT2D eigenvalue weighted by molar-refractivity contribution is 0.709. The fourth-order valence-electron chi connectivity index (χ4n) is 2.82. The first-order valence-electron chi connectivity index (χ1n) is 7.79. The predicted molar refractivity (Wildman–Crippen MR) is 95.9 cm³/mol. The zero-order chi connectivity index (χ0) is 16.4. The van der Waals surface area contributed by atoms with E-state index in [1.54, 1.807) is 6.20 Å². The third-order valence-electron chi connectivity index (χ3n) is 3.93. The van der Waals surface area contributed by atoms with Gasteiger partial charge in [-0.1, -0.05) is 29.8 Å². The third-order valence-corrected chi connectivity index (χ3v) is 4.23. The molecule has 4 rings (SSSR count). The van der Waals surface area contributed by atoms with Gasteiger partial charge in [0.1, 0.15) is 5.69 Å². The van der Waals surface area contributed by atoms with Gasteiger partial charge in [-0.2, -0.15) is 0 Å². The van der Waals surface area contributed by atoms with Crippen LogP contribution in [0.25, 0.3) is 22.6 Å². The number of imidazole rings is 1. The summed E-state index contributed by atoms with van der Waals surface area (Å²) in [5.41, 5.74) is 3.70. The number of benzene rings is 1. The molecular formula is C19H15ClN4. The molecule has 118 valence electrons. The summed E-state index contributed by atoms with van der Waals surface area (Å²) in [6.07, 6.45) is 4.39. The van der Waals surface area contributed by atoms with E-state index in [1.807, 2.05) is 60.8 Å². The van der Waals surface area contributed by atoms with Gasteiger partial charge in [0, 0.05) is 31.1 Å². The molecule has 4 aromatic rings. The van der Waals surface area contributed by atoms with Gasteiger partial charge in [-0.05, 0) is 36.4 Å². The molecule has 3 heterocycles. The Bertz CT molecular complexity index is 965. The number of aromatic nitrogens is 4. The Morgan fingerprint density at radius 1 is 0.875 bits per heavy atom. The predicted octanol–water partition coefficient (Wildman–Crippen LogP) is 4.39. The number of nitrogens with zero attached hydrogens (tertiary/aromatic N) is 4. The molecule has 4 nitrogen and oxygen atoms in total. The highest BCUT2D eigenvalue weighted by Crippen LogP contribution is 2.29. The molecule has 0 atom stereocenters. The topological polar surface area (TPSA) is 43.6 Å². The van der Waals surface area contributed by atoms with Crippen molar-refractivity contribution in [2.75, 3.05) is 0 Å². The summed E-state index contributed by atoms with van der Waals surface area (Å²) in [7, 11) is 0. The third kappa shape index (κ3) is 2.76. The van der Waals surface area contributed by atoms with Gasteiger partial charge >= 0.3 is 0 Å². The summed E-state index contributed by atoms with van der Waals surface area (Å²) >= 11 is 6.45. The van der Waals surface area contributed by atoms with E-state index in [-0.39, 0.29) is 0 Å². The number of hydrogen-bond donors (Lipinski definition) is 0. The van der Waals surface area contributed by atoms with Crippen LogP contribution in [-0.4, -0.2) is 19.5 Å². The van der Waals surface area contributed by atoms with E-state index in [0.29, 0.717) is 5.02 Å². The summed E-state index contributed by atoms with van der Waals surface area (Å²) in [6, 6.07) is 17.6. The summed E-state index contributed by atoms with van der Waals surface area (Å²) in [4.78, 5) is 13.6. The van der Waals surface area contributed by atoms with Crippen LogP contribution in [0, 0.1) is 0 Å². The summed E-state index contributed by atoms with van der Waals surface area (Å²) in [5, 5.41) is 0.697. The molecule has 24 heavy (non-hydrogen) atoms. The Hall–Kier alpha value is -2.72. The van der Waals surface area contributed by atoms with Crippen molar-refractivity contribution in [3.8, 4) is 11.5 Å². The zero-order valence-electron chi connectivity index (χ0n) is 12.9. The van der Waals surface area contributed by atoms with E-state index in [0.717, 1.165) is 41.2 Å². The molecular weight excluding hydrogens is 320 g/mol. The van der Waals surface area contributed by atoms with Crippen molar-refractivity contribution in [2.24, 2.45) is 0 Å². The Balaban J connectivity index is 1.82.